The van der Waals surface area contributed by atoms with Gasteiger partial charge in [0.25, 0.3) is 0 Å². The molecule has 1 unspecified atom stereocenters. The van der Waals surface area contributed by atoms with E-state index >= 15 is 0 Å². The first kappa shape index (κ1) is 15.1. The summed E-state index contributed by atoms with van der Waals surface area (Å²) in [6.45, 7) is 5.55. The van der Waals surface area contributed by atoms with Crippen LogP contribution in [0.3, 0.4) is 0 Å². The summed E-state index contributed by atoms with van der Waals surface area (Å²) < 4.78 is 5.62. The summed E-state index contributed by atoms with van der Waals surface area (Å²) in [5.74, 6) is 1.37. The zero-order valence-corrected chi connectivity index (χ0v) is 12.1. The second-order valence-electron chi connectivity index (χ2n) is 5.45. The number of rotatable bonds is 8. The van der Waals surface area contributed by atoms with Crippen LogP contribution >= 0.6 is 0 Å². The number of benzene rings is 1. The molecule has 0 bridgehead atoms. The summed E-state index contributed by atoms with van der Waals surface area (Å²) in [5, 5.41) is 13.5. The molecule has 110 valence electrons. The van der Waals surface area contributed by atoms with Gasteiger partial charge in [0.2, 0.25) is 0 Å². The van der Waals surface area contributed by atoms with Gasteiger partial charge in [-0.1, -0.05) is 43.7 Å². The molecule has 1 saturated carbocycles. The Morgan fingerprint density at radius 1 is 1.35 bits per heavy atom. The van der Waals surface area contributed by atoms with Crippen LogP contribution in [0.25, 0.3) is 0 Å². The zero-order valence-electron chi connectivity index (χ0n) is 12.1. The fraction of sp³-hybridized carbons (Fsp3) is 0.529. The maximum absolute atomic E-state index is 10.1. The molecule has 0 heterocycles. The van der Waals surface area contributed by atoms with Gasteiger partial charge in [-0.3, -0.25) is 0 Å². The minimum absolute atomic E-state index is 0.223. The standard InChI is InChI=1S/C17H25NO2/c1-2-11-20-17-10-6-5-9-15(17)12-18-13-16(19)14-7-3-4-8-14/h2,5-6,9-10,14,16,18-19H,1,3-4,7-8,11-13H2. The highest BCUT2D eigenvalue weighted by molar-refractivity contribution is 5.33. The molecule has 3 heteroatoms. The number of ether oxygens (including phenoxy) is 1. The van der Waals surface area contributed by atoms with E-state index < -0.39 is 0 Å². The van der Waals surface area contributed by atoms with Crippen LogP contribution in [0.5, 0.6) is 5.75 Å². The molecule has 1 aliphatic rings. The zero-order chi connectivity index (χ0) is 14.2. The van der Waals surface area contributed by atoms with E-state index in [4.69, 9.17) is 4.74 Å². The van der Waals surface area contributed by atoms with Crippen molar-refractivity contribution in [1.82, 2.24) is 5.32 Å². The fourth-order valence-electron chi connectivity index (χ4n) is 2.80. The second kappa shape index (κ2) is 8.08. The van der Waals surface area contributed by atoms with Gasteiger partial charge >= 0.3 is 0 Å². The summed E-state index contributed by atoms with van der Waals surface area (Å²) >= 11 is 0. The van der Waals surface area contributed by atoms with Crippen molar-refractivity contribution < 1.29 is 9.84 Å². The van der Waals surface area contributed by atoms with E-state index in [1.54, 1.807) is 6.08 Å². The smallest absolute Gasteiger partial charge is 0.124 e. The molecule has 1 fully saturated rings. The molecule has 20 heavy (non-hydrogen) atoms. The van der Waals surface area contributed by atoms with Crippen LogP contribution in [-0.4, -0.2) is 24.4 Å². The van der Waals surface area contributed by atoms with Crippen molar-refractivity contribution >= 4 is 0 Å². The molecule has 0 spiro atoms. The monoisotopic (exact) mass is 275 g/mol. The highest BCUT2D eigenvalue weighted by atomic mass is 16.5. The number of nitrogens with one attached hydrogen (secondary N) is 1. The Labute approximate surface area is 121 Å². The van der Waals surface area contributed by atoms with Gasteiger partial charge in [0.05, 0.1) is 6.10 Å². The maximum Gasteiger partial charge on any atom is 0.124 e. The SMILES string of the molecule is C=CCOc1ccccc1CNCC(O)C1CCCC1. The Morgan fingerprint density at radius 2 is 2.10 bits per heavy atom. The van der Waals surface area contributed by atoms with E-state index in [1.807, 2.05) is 24.3 Å². The van der Waals surface area contributed by atoms with Crippen molar-refractivity contribution in [2.24, 2.45) is 5.92 Å². The summed E-state index contributed by atoms with van der Waals surface area (Å²) in [7, 11) is 0. The normalized spacial score (nSPS) is 17.1. The van der Waals surface area contributed by atoms with Crippen LogP contribution in [0.4, 0.5) is 0 Å². The van der Waals surface area contributed by atoms with Gasteiger partial charge in [0, 0.05) is 18.7 Å². The molecule has 1 aromatic rings. The number of para-hydroxylation sites is 1. The largest absolute Gasteiger partial charge is 0.489 e. The lowest BCUT2D eigenvalue weighted by Crippen LogP contribution is -2.31. The number of hydrogen-bond acceptors (Lipinski definition) is 3. The third-order valence-corrected chi connectivity index (χ3v) is 3.94. The van der Waals surface area contributed by atoms with Crippen molar-refractivity contribution in [3.63, 3.8) is 0 Å². The van der Waals surface area contributed by atoms with Gasteiger partial charge in [0.15, 0.2) is 0 Å². The predicted molar refractivity (Wildman–Crippen MR) is 81.8 cm³/mol. The van der Waals surface area contributed by atoms with Gasteiger partial charge in [-0.15, -0.1) is 0 Å². The predicted octanol–water partition coefficient (Wildman–Crippen LogP) is 2.89. The lowest BCUT2D eigenvalue weighted by Gasteiger charge is -2.18. The first-order valence-electron chi connectivity index (χ1n) is 7.51. The first-order chi connectivity index (χ1) is 9.81. The molecular weight excluding hydrogens is 250 g/mol. The van der Waals surface area contributed by atoms with Crippen LogP contribution in [0.1, 0.15) is 31.2 Å². The topological polar surface area (TPSA) is 41.5 Å². The summed E-state index contributed by atoms with van der Waals surface area (Å²) in [6.07, 6.45) is 6.39. The van der Waals surface area contributed by atoms with Crippen molar-refractivity contribution in [1.29, 1.82) is 0 Å². The molecule has 1 atom stereocenters. The van der Waals surface area contributed by atoms with Crippen LogP contribution < -0.4 is 10.1 Å². The molecule has 0 radical (unpaired) electrons. The van der Waals surface area contributed by atoms with E-state index in [1.165, 1.54) is 25.7 Å². The lowest BCUT2D eigenvalue weighted by atomic mass is 10.0. The highest BCUT2D eigenvalue weighted by Gasteiger charge is 2.22. The van der Waals surface area contributed by atoms with E-state index in [2.05, 4.69) is 11.9 Å². The number of aliphatic hydroxyl groups excluding tert-OH is 1. The molecule has 0 amide bonds. The molecule has 0 aliphatic heterocycles. The molecule has 0 aromatic heterocycles. The summed E-state index contributed by atoms with van der Waals surface area (Å²) in [4.78, 5) is 0. The first-order valence-corrected chi connectivity index (χ1v) is 7.51. The van der Waals surface area contributed by atoms with Crippen molar-refractivity contribution in [2.45, 2.75) is 38.3 Å². The van der Waals surface area contributed by atoms with Crippen LogP contribution in [-0.2, 0) is 6.54 Å². The Bertz CT molecular complexity index is 413. The summed E-state index contributed by atoms with van der Waals surface area (Å²) in [5.41, 5.74) is 1.12. The van der Waals surface area contributed by atoms with Crippen LogP contribution in [0, 0.1) is 5.92 Å². The Kier molecular flexibility index (Phi) is 6.09. The molecule has 1 aliphatic carbocycles. The average molecular weight is 275 g/mol. The van der Waals surface area contributed by atoms with Gasteiger partial charge in [-0.25, -0.2) is 0 Å². The molecule has 2 rings (SSSR count). The van der Waals surface area contributed by atoms with Crippen LogP contribution in [0.2, 0.25) is 0 Å². The van der Waals surface area contributed by atoms with Gasteiger partial charge in [-0.05, 0) is 24.8 Å². The van der Waals surface area contributed by atoms with Crippen molar-refractivity contribution in [3.8, 4) is 5.75 Å². The minimum atomic E-state index is -0.223. The van der Waals surface area contributed by atoms with Crippen molar-refractivity contribution in [3.05, 3.63) is 42.5 Å². The maximum atomic E-state index is 10.1. The van der Waals surface area contributed by atoms with Crippen LogP contribution in [0.15, 0.2) is 36.9 Å². The van der Waals surface area contributed by atoms with Gasteiger partial charge in [0.1, 0.15) is 12.4 Å². The second-order valence-corrected chi connectivity index (χ2v) is 5.45. The quantitative estimate of drug-likeness (QED) is 0.717. The van der Waals surface area contributed by atoms with E-state index in [9.17, 15) is 5.11 Å². The molecule has 0 saturated heterocycles. The van der Waals surface area contributed by atoms with E-state index in [0.29, 0.717) is 19.1 Å². The number of hydrogen-bond donors (Lipinski definition) is 2. The third kappa shape index (κ3) is 4.36. The van der Waals surface area contributed by atoms with Gasteiger partial charge < -0.3 is 15.2 Å². The fourth-order valence-corrected chi connectivity index (χ4v) is 2.80. The molecule has 2 N–H and O–H groups in total. The third-order valence-electron chi connectivity index (χ3n) is 3.94. The Morgan fingerprint density at radius 3 is 2.85 bits per heavy atom. The molecule has 1 aromatic carbocycles. The number of aliphatic hydroxyl groups is 1. The molecule has 3 nitrogen and oxygen atoms in total. The Hall–Kier alpha value is -1.32. The lowest BCUT2D eigenvalue weighted by molar-refractivity contribution is 0.109. The minimum Gasteiger partial charge on any atom is -0.489 e. The average Bonchev–Trinajstić information content (AvgIpc) is 3.00. The highest BCUT2D eigenvalue weighted by Crippen LogP contribution is 2.27. The van der Waals surface area contributed by atoms with E-state index in [0.717, 1.165) is 17.9 Å². The Balaban J connectivity index is 1.79. The van der Waals surface area contributed by atoms with E-state index in [-0.39, 0.29) is 6.10 Å². The van der Waals surface area contributed by atoms with Gasteiger partial charge in [-0.2, -0.15) is 0 Å². The molecular formula is C17H25NO2. The summed E-state index contributed by atoms with van der Waals surface area (Å²) in [6, 6.07) is 7.99. The van der Waals surface area contributed by atoms with Crippen molar-refractivity contribution in [2.75, 3.05) is 13.2 Å².